The van der Waals surface area contributed by atoms with Crippen LogP contribution >= 0.6 is 24.0 Å². The maximum atomic E-state index is 5.71. The molecule has 1 unspecified atom stereocenters. The minimum absolute atomic E-state index is 0. The Morgan fingerprint density at radius 1 is 1.30 bits per heavy atom. The van der Waals surface area contributed by atoms with E-state index in [9.17, 15) is 0 Å². The van der Waals surface area contributed by atoms with Crippen LogP contribution in [0.1, 0.15) is 18.7 Å². The predicted octanol–water partition coefficient (Wildman–Crippen LogP) is 2.21. The molecule has 30 heavy (non-hydrogen) atoms. The van der Waals surface area contributed by atoms with Gasteiger partial charge in [-0.2, -0.15) is 5.10 Å². The van der Waals surface area contributed by atoms with Gasteiger partial charge >= 0.3 is 0 Å². The first-order valence-electron chi connectivity index (χ1n) is 9.94. The molecule has 1 aliphatic rings. The first-order chi connectivity index (χ1) is 14.3. The second-order valence-electron chi connectivity index (χ2n) is 6.84. The van der Waals surface area contributed by atoms with Crippen LogP contribution in [0.15, 0.2) is 29.3 Å². The summed E-state index contributed by atoms with van der Waals surface area (Å²) < 4.78 is 16.2. The van der Waals surface area contributed by atoms with Crippen molar-refractivity contribution in [3.8, 4) is 17.1 Å². The number of H-pyrrole nitrogens is 1. The second kappa shape index (κ2) is 13.4. The van der Waals surface area contributed by atoms with Crippen LogP contribution in [0.2, 0.25) is 0 Å². The summed E-state index contributed by atoms with van der Waals surface area (Å²) >= 11 is 0. The molecule has 1 atom stereocenters. The SMILES string of the molecule is CN=C(NCCCOCC1CCOC1)NCc1nc(-c2ccc(OC)cc2)n[nH]1.I. The van der Waals surface area contributed by atoms with E-state index in [0.717, 1.165) is 68.9 Å². The van der Waals surface area contributed by atoms with Crippen LogP contribution in [-0.4, -0.2) is 68.3 Å². The van der Waals surface area contributed by atoms with E-state index in [-0.39, 0.29) is 24.0 Å². The molecular formula is C20H31IN6O3. The predicted molar refractivity (Wildman–Crippen MR) is 126 cm³/mol. The van der Waals surface area contributed by atoms with Gasteiger partial charge in [0.15, 0.2) is 11.8 Å². The molecule has 2 heterocycles. The molecule has 166 valence electrons. The van der Waals surface area contributed by atoms with E-state index in [4.69, 9.17) is 14.2 Å². The molecule has 3 rings (SSSR count). The minimum Gasteiger partial charge on any atom is -0.497 e. The van der Waals surface area contributed by atoms with Gasteiger partial charge in [-0.15, -0.1) is 24.0 Å². The first kappa shape index (κ1) is 24.4. The lowest BCUT2D eigenvalue weighted by Gasteiger charge is -2.12. The third-order valence-corrected chi connectivity index (χ3v) is 4.66. The van der Waals surface area contributed by atoms with Gasteiger partial charge < -0.3 is 24.8 Å². The van der Waals surface area contributed by atoms with Gasteiger partial charge in [0.1, 0.15) is 11.6 Å². The highest BCUT2D eigenvalue weighted by Crippen LogP contribution is 2.18. The van der Waals surface area contributed by atoms with Crippen LogP contribution in [0.3, 0.4) is 0 Å². The van der Waals surface area contributed by atoms with E-state index in [1.54, 1.807) is 14.2 Å². The van der Waals surface area contributed by atoms with Crippen molar-refractivity contribution in [2.24, 2.45) is 10.9 Å². The van der Waals surface area contributed by atoms with Gasteiger partial charge in [0.05, 0.1) is 26.9 Å². The van der Waals surface area contributed by atoms with Gasteiger partial charge in [0, 0.05) is 38.3 Å². The monoisotopic (exact) mass is 530 g/mol. The lowest BCUT2D eigenvalue weighted by atomic mass is 10.1. The fourth-order valence-electron chi connectivity index (χ4n) is 2.98. The van der Waals surface area contributed by atoms with Crippen molar-refractivity contribution in [2.45, 2.75) is 19.4 Å². The highest BCUT2D eigenvalue weighted by atomic mass is 127. The molecule has 10 heteroatoms. The Morgan fingerprint density at radius 3 is 2.83 bits per heavy atom. The zero-order valence-corrected chi connectivity index (χ0v) is 19.8. The van der Waals surface area contributed by atoms with Crippen molar-refractivity contribution in [3.63, 3.8) is 0 Å². The number of halogens is 1. The maximum absolute atomic E-state index is 5.71. The van der Waals surface area contributed by atoms with Gasteiger partial charge in [-0.3, -0.25) is 10.1 Å². The number of aliphatic imine (C=N–C) groups is 1. The molecule has 1 aromatic carbocycles. The molecular weight excluding hydrogens is 499 g/mol. The lowest BCUT2D eigenvalue weighted by Crippen LogP contribution is -2.37. The molecule has 0 aliphatic carbocycles. The van der Waals surface area contributed by atoms with Crippen molar-refractivity contribution in [1.29, 1.82) is 0 Å². The van der Waals surface area contributed by atoms with Crippen LogP contribution in [-0.2, 0) is 16.0 Å². The summed E-state index contributed by atoms with van der Waals surface area (Å²) in [6.07, 6.45) is 2.02. The number of ether oxygens (including phenoxy) is 3. The smallest absolute Gasteiger partial charge is 0.191 e. The Kier molecular flexibility index (Phi) is 10.9. The van der Waals surface area contributed by atoms with Crippen molar-refractivity contribution < 1.29 is 14.2 Å². The maximum Gasteiger partial charge on any atom is 0.191 e. The van der Waals surface area contributed by atoms with Crippen molar-refractivity contribution in [2.75, 3.05) is 47.1 Å². The molecule has 1 aromatic heterocycles. The van der Waals surface area contributed by atoms with Gasteiger partial charge in [0.2, 0.25) is 0 Å². The summed E-state index contributed by atoms with van der Waals surface area (Å²) in [7, 11) is 3.39. The number of methoxy groups -OCH3 is 1. The third-order valence-electron chi connectivity index (χ3n) is 4.66. The summed E-state index contributed by atoms with van der Waals surface area (Å²) in [5.74, 6) is 3.47. The highest BCUT2D eigenvalue weighted by Gasteiger charge is 2.15. The third kappa shape index (κ3) is 7.73. The summed E-state index contributed by atoms with van der Waals surface area (Å²) in [6, 6.07) is 7.64. The van der Waals surface area contributed by atoms with Gasteiger partial charge in [-0.1, -0.05) is 0 Å². The largest absolute Gasteiger partial charge is 0.497 e. The number of hydrogen-bond acceptors (Lipinski definition) is 6. The Labute approximate surface area is 194 Å². The number of nitrogens with one attached hydrogen (secondary N) is 3. The Hall–Kier alpha value is -1.92. The van der Waals surface area contributed by atoms with Gasteiger partial charge in [-0.05, 0) is 37.1 Å². The van der Waals surface area contributed by atoms with Crippen molar-refractivity contribution >= 4 is 29.9 Å². The van der Waals surface area contributed by atoms with E-state index < -0.39 is 0 Å². The molecule has 2 aromatic rings. The zero-order valence-electron chi connectivity index (χ0n) is 17.5. The summed E-state index contributed by atoms with van der Waals surface area (Å²) in [5.41, 5.74) is 0.931. The molecule has 1 fully saturated rings. The van der Waals surface area contributed by atoms with Crippen LogP contribution in [0.4, 0.5) is 0 Å². The number of hydrogen-bond donors (Lipinski definition) is 3. The molecule has 3 N–H and O–H groups in total. The van der Waals surface area contributed by atoms with E-state index in [1.807, 2.05) is 24.3 Å². The van der Waals surface area contributed by atoms with E-state index in [2.05, 4.69) is 30.8 Å². The summed E-state index contributed by atoms with van der Waals surface area (Å²) in [4.78, 5) is 8.75. The Morgan fingerprint density at radius 2 is 2.13 bits per heavy atom. The number of aromatic nitrogens is 3. The van der Waals surface area contributed by atoms with E-state index >= 15 is 0 Å². The second-order valence-corrected chi connectivity index (χ2v) is 6.84. The number of guanidine groups is 1. The number of benzene rings is 1. The van der Waals surface area contributed by atoms with Gasteiger partial charge in [-0.25, -0.2) is 4.98 Å². The van der Waals surface area contributed by atoms with Crippen molar-refractivity contribution in [1.82, 2.24) is 25.8 Å². The quantitative estimate of drug-likeness (QED) is 0.187. The van der Waals surface area contributed by atoms with Crippen LogP contribution in [0.5, 0.6) is 5.75 Å². The zero-order chi connectivity index (χ0) is 20.3. The minimum atomic E-state index is 0. The summed E-state index contributed by atoms with van der Waals surface area (Å²) in [5, 5.41) is 13.7. The van der Waals surface area contributed by atoms with Crippen molar-refractivity contribution in [3.05, 3.63) is 30.1 Å². The molecule has 0 bridgehead atoms. The summed E-state index contributed by atoms with van der Waals surface area (Å²) in [6.45, 7) is 4.50. The van der Waals surface area contributed by atoms with Crippen LogP contribution in [0, 0.1) is 5.92 Å². The molecule has 0 radical (unpaired) electrons. The first-order valence-corrected chi connectivity index (χ1v) is 9.94. The van der Waals surface area contributed by atoms with Gasteiger partial charge in [0.25, 0.3) is 0 Å². The standard InChI is InChI=1S/C20H30N6O3.HI/c1-21-20(22-9-3-10-28-13-15-8-11-29-14-15)23-12-18-24-19(26-25-18)16-4-6-17(27-2)7-5-16;/h4-7,15H,3,8-14H2,1-2H3,(H2,21,22,23)(H,24,25,26);1H. The molecule has 9 nitrogen and oxygen atoms in total. The fourth-order valence-corrected chi connectivity index (χ4v) is 2.98. The van der Waals surface area contributed by atoms with Crippen LogP contribution in [0.25, 0.3) is 11.4 Å². The number of rotatable bonds is 10. The molecule has 0 amide bonds. The van der Waals surface area contributed by atoms with E-state index in [0.29, 0.717) is 18.3 Å². The average Bonchev–Trinajstić information content (AvgIpc) is 3.45. The number of aromatic amines is 1. The molecule has 0 spiro atoms. The molecule has 0 saturated carbocycles. The topological polar surface area (TPSA) is 106 Å². The van der Waals surface area contributed by atoms with Crippen LogP contribution < -0.4 is 15.4 Å². The highest BCUT2D eigenvalue weighted by molar-refractivity contribution is 14.0. The number of nitrogens with zero attached hydrogens (tertiary/aromatic N) is 3. The fraction of sp³-hybridized carbons (Fsp3) is 0.550. The average molecular weight is 530 g/mol. The lowest BCUT2D eigenvalue weighted by molar-refractivity contribution is 0.0888. The molecule has 1 saturated heterocycles. The molecule has 1 aliphatic heterocycles. The normalized spacial score (nSPS) is 16.2. The Balaban J connectivity index is 0.00000320. The Bertz CT molecular complexity index is 762. The van der Waals surface area contributed by atoms with E-state index in [1.165, 1.54) is 0 Å².